The Balaban J connectivity index is 0.000000263. The van der Waals surface area contributed by atoms with E-state index in [1.54, 1.807) is 50.5 Å². The zero-order valence-corrected chi connectivity index (χ0v) is 57.5. The van der Waals surface area contributed by atoms with E-state index >= 15 is 0 Å². The minimum Gasteiger partial charge on any atom is -0.0776 e. The summed E-state index contributed by atoms with van der Waals surface area (Å²) in [5.41, 5.74) is 9.56. The summed E-state index contributed by atoms with van der Waals surface area (Å²) in [6.45, 7) is 61.1. The zero-order valence-electron chi connectivity index (χ0n) is 57.5. The fraction of sp³-hybridized carbons (Fsp3) is 0.778. The van der Waals surface area contributed by atoms with Crippen LogP contribution in [0.25, 0.3) is 0 Å². The van der Waals surface area contributed by atoms with Gasteiger partial charge in [0.1, 0.15) is 0 Å². The smallest absolute Gasteiger partial charge is 0.0223 e. The van der Waals surface area contributed by atoms with Gasteiger partial charge in [0.2, 0.25) is 0 Å². The van der Waals surface area contributed by atoms with Gasteiger partial charge in [0.05, 0.1) is 0 Å². The van der Waals surface area contributed by atoms with Gasteiger partial charge < -0.3 is 0 Å². The fourth-order valence-corrected chi connectivity index (χ4v) is 16.5. The first kappa shape index (κ1) is 72.9. The van der Waals surface area contributed by atoms with Gasteiger partial charge in [-0.3, -0.25) is 0 Å². The van der Waals surface area contributed by atoms with Crippen molar-refractivity contribution in [2.75, 3.05) is 0 Å². The number of hydrogen-bond acceptors (Lipinski definition) is 0. The van der Waals surface area contributed by atoms with Crippen molar-refractivity contribution in [3.63, 3.8) is 0 Å². The highest BCUT2D eigenvalue weighted by molar-refractivity contribution is 5.41. The Labute approximate surface area is 509 Å². The lowest BCUT2D eigenvalue weighted by atomic mass is 9.38. The van der Waals surface area contributed by atoms with Crippen molar-refractivity contribution in [3.8, 4) is 0 Å². The lowest BCUT2D eigenvalue weighted by Crippen LogP contribution is -2.61. The van der Waals surface area contributed by atoms with E-state index in [4.69, 9.17) is 0 Å². The quantitative estimate of drug-likeness (QED) is 0.245. The molecule has 0 aromatic heterocycles. The van der Waals surface area contributed by atoms with E-state index in [1.165, 1.54) is 68.9 Å². The Kier molecular flexibility index (Phi) is 24.1. The maximum absolute atomic E-state index is 2.50. The molecule has 0 heterocycles. The molecule has 0 radical (unpaired) electrons. The molecular formula is C81H140. The van der Waals surface area contributed by atoms with Crippen LogP contribution in [-0.2, 0) is 10.8 Å². The number of benzene rings is 3. The van der Waals surface area contributed by atoms with Crippen molar-refractivity contribution in [1.29, 1.82) is 0 Å². The molecule has 0 N–H and O–H groups in total. The molecule has 0 nitrogen and oxygen atoms in total. The van der Waals surface area contributed by atoms with Crippen molar-refractivity contribution in [2.45, 2.75) is 308 Å². The molecule has 9 aliphatic carbocycles. The minimum atomic E-state index is 0. The van der Waals surface area contributed by atoms with E-state index in [0.717, 1.165) is 46.8 Å². The summed E-state index contributed by atoms with van der Waals surface area (Å²) in [6, 6.07) is 33.1. The molecule has 0 saturated heterocycles. The van der Waals surface area contributed by atoms with Crippen LogP contribution in [0.2, 0.25) is 0 Å². The second-order valence-electron chi connectivity index (χ2n) is 36.7. The highest BCUT2D eigenvalue weighted by Crippen LogP contribution is 2.69. The van der Waals surface area contributed by atoms with Crippen LogP contribution in [-0.4, -0.2) is 0 Å². The lowest BCUT2D eigenvalue weighted by Gasteiger charge is -2.66. The molecule has 0 unspecified atom stereocenters. The van der Waals surface area contributed by atoms with Crippen molar-refractivity contribution in [2.24, 2.45) is 95.6 Å². The molecule has 8 bridgehead atoms. The minimum absolute atomic E-state index is 0. The summed E-state index contributed by atoms with van der Waals surface area (Å²) < 4.78 is 0. The molecule has 3 aromatic carbocycles. The van der Waals surface area contributed by atoms with Gasteiger partial charge in [-0.1, -0.05) is 305 Å². The average Bonchev–Trinajstić information content (AvgIpc) is 3.30. The maximum Gasteiger partial charge on any atom is 0.0223 e. The third-order valence-electron chi connectivity index (χ3n) is 25.0. The largest absolute Gasteiger partial charge is 0.0776 e. The molecule has 0 spiro atoms. The molecule has 12 rings (SSSR count). The van der Waals surface area contributed by atoms with Crippen molar-refractivity contribution in [3.05, 3.63) is 108 Å². The van der Waals surface area contributed by atoms with Gasteiger partial charge in [-0.05, 0) is 196 Å². The van der Waals surface area contributed by atoms with Gasteiger partial charge in [-0.25, -0.2) is 0 Å². The number of hydrogen-bond donors (Lipinski definition) is 0. The third kappa shape index (κ3) is 16.8. The number of rotatable bonds is 3. The normalized spacial score (nSPS) is 28.4. The Hall–Kier alpha value is -2.34. The molecule has 9 saturated carbocycles. The Bertz CT molecular complexity index is 2100. The fourth-order valence-electron chi connectivity index (χ4n) is 16.5. The van der Waals surface area contributed by atoms with Gasteiger partial charge >= 0.3 is 0 Å². The Morgan fingerprint density at radius 2 is 0.617 bits per heavy atom. The topological polar surface area (TPSA) is 0 Å². The van der Waals surface area contributed by atoms with E-state index in [0.29, 0.717) is 48.7 Å². The van der Waals surface area contributed by atoms with E-state index in [-0.39, 0.29) is 25.7 Å². The van der Waals surface area contributed by atoms with E-state index in [1.807, 2.05) is 0 Å². The summed E-state index contributed by atoms with van der Waals surface area (Å²) in [7, 11) is 0. The second kappa shape index (κ2) is 26.7. The van der Waals surface area contributed by atoms with Crippen LogP contribution in [0.4, 0.5) is 0 Å². The molecule has 9 aliphatic rings. The molecular weight excluding hydrogens is 973 g/mol. The maximum atomic E-state index is 2.50. The van der Waals surface area contributed by atoms with Crippen molar-refractivity contribution in [1.82, 2.24) is 0 Å². The van der Waals surface area contributed by atoms with Gasteiger partial charge in [0.25, 0.3) is 0 Å². The highest BCUT2D eigenvalue weighted by atomic mass is 14.7. The molecule has 81 heavy (non-hydrogen) atoms. The third-order valence-corrected chi connectivity index (χ3v) is 25.0. The van der Waals surface area contributed by atoms with Crippen LogP contribution in [0.1, 0.15) is 314 Å². The van der Waals surface area contributed by atoms with Crippen LogP contribution >= 0.6 is 0 Å². The molecule has 3 aromatic rings. The zero-order chi connectivity index (χ0) is 59.7. The summed E-state index contributed by atoms with van der Waals surface area (Å²) in [5, 5.41) is 0. The Morgan fingerprint density at radius 3 is 0.864 bits per heavy atom. The Morgan fingerprint density at radius 1 is 0.321 bits per heavy atom. The standard InChI is InChI=1S/C20H28.C18H22.C14H24.C11H22.2C8H18.2CH4/c1-19(2,3)20(16-7-5-4-6-8-16)17-10-14-9-15(12-17)13-18(20)11-14;1-17(2,3)18(4,15-11-7-5-8-12-15)16-13-9-6-10-14-16;1-13(2,3)14-7-10-4-11(8-14)6-12(5-10)9-14;1-10(2,3)11(4)8-6-5-7-9-11;2*1-7(2,3)8(4,5)6;;/h4-8,14-15,17-18H,9-13H2,1-3H3;5-14H,1-4H3;10-12H,4-9H2,1-3H3;5-9H2,1-4H3;2*1-6H3;2*1H4. The average molecular weight is 1110 g/mol. The first-order valence-corrected chi connectivity index (χ1v) is 33.1. The predicted octanol–water partition coefficient (Wildman–Crippen LogP) is 26.1. The van der Waals surface area contributed by atoms with Crippen LogP contribution in [0.15, 0.2) is 91.0 Å². The predicted molar refractivity (Wildman–Crippen MR) is 365 cm³/mol. The molecule has 9 fully saturated rings. The highest BCUT2D eigenvalue weighted by Gasteiger charge is 2.62. The summed E-state index contributed by atoms with van der Waals surface area (Å²) in [6.07, 6.45) is 24.2. The second-order valence-corrected chi connectivity index (χ2v) is 36.7. The van der Waals surface area contributed by atoms with Crippen LogP contribution in [0.3, 0.4) is 0 Å². The molecule has 464 valence electrons. The van der Waals surface area contributed by atoms with Crippen LogP contribution in [0.5, 0.6) is 0 Å². The van der Waals surface area contributed by atoms with E-state index in [2.05, 4.69) is 271 Å². The van der Waals surface area contributed by atoms with Gasteiger partial charge in [-0.2, -0.15) is 0 Å². The summed E-state index contributed by atoms with van der Waals surface area (Å²) >= 11 is 0. The van der Waals surface area contributed by atoms with Crippen LogP contribution in [0, 0.1) is 95.6 Å². The monoisotopic (exact) mass is 1110 g/mol. The SMILES string of the molecule is C.C.CC(C)(C)C(C)(C)C.CC(C)(C)C(C)(C)C.CC(C)(C)C(C)(c1ccccc1)c1ccccc1.CC(C)(C)C1(C)CCCCC1.CC(C)(C)C1(c2ccccc2)C2CC3CC(C2)CC1C3.CC(C)(C)C12CC3CC(CC(C3)C1)C2. The van der Waals surface area contributed by atoms with Gasteiger partial charge in [-0.15, -0.1) is 0 Å². The molecule has 0 atom stereocenters. The summed E-state index contributed by atoms with van der Waals surface area (Å²) in [4.78, 5) is 0. The summed E-state index contributed by atoms with van der Waals surface area (Å²) in [5.74, 6) is 7.30. The van der Waals surface area contributed by atoms with Gasteiger partial charge in [0.15, 0.2) is 0 Å². The van der Waals surface area contributed by atoms with Gasteiger partial charge in [0, 0.05) is 10.8 Å². The molecule has 0 amide bonds. The van der Waals surface area contributed by atoms with Crippen molar-refractivity contribution >= 4 is 0 Å². The lowest BCUT2D eigenvalue weighted by molar-refractivity contribution is -0.113. The van der Waals surface area contributed by atoms with E-state index in [9.17, 15) is 0 Å². The molecule has 0 heteroatoms. The first-order chi connectivity index (χ1) is 35.9. The van der Waals surface area contributed by atoms with Crippen LogP contribution < -0.4 is 0 Å². The van der Waals surface area contributed by atoms with E-state index < -0.39 is 0 Å². The first-order valence-electron chi connectivity index (χ1n) is 33.1. The molecule has 0 aliphatic heterocycles. The van der Waals surface area contributed by atoms with Crippen molar-refractivity contribution < 1.29 is 0 Å².